The minimum absolute atomic E-state index is 0.0298. The molecule has 0 spiro atoms. The number of carboxylic acids is 1. The molecule has 3 atom stereocenters. The Morgan fingerprint density at radius 2 is 2.03 bits per heavy atom. The highest BCUT2D eigenvalue weighted by molar-refractivity contribution is 7.09. The number of carboxylic acid groups (broad SMARTS) is 1. The maximum absolute atomic E-state index is 12.7. The molecule has 2 fully saturated rings. The van der Waals surface area contributed by atoms with Crippen LogP contribution in [-0.2, 0) is 11.3 Å². The molecular weight excluding hydrogens is 445 g/mol. The highest BCUT2D eigenvalue weighted by atomic mass is 32.1. The van der Waals surface area contributed by atoms with Gasteiger partial charge in [0, 0.05) is 42.9 Å². The average molecular weight is 471 g/mol. The van der Waals surface area contributed by atoms with Gasteiger partial charge in [-0.1, -0.05) is 12.5 Å². The van der Waals surface area contributed by atoms with Gasteiger partial charge in [0.25, 0.3) is 5.91 Å². The fourth-order valence-corrected chi connectivity index (χ4v) is 5.26. The minimum Gasteiger partial charge on any atom is -0.475 e. The maximum Gasteiger partial charge on any atom is 0.490 e. The lowest BCUT2D eigenvalue weighted by Gasteiger charge is -2.38. The van der Waals surface area contributed by atoms with E-state index in [9.17, 15) is 18.0 Å². The van der Waals surface area contributed by atoms with E-state index in [1.807, 2.05) is 16.2 Å². The number of aromatic nitrogens is 2. The molecule has 7 nitrogen and oxygen atoms in total. The number of alkyl halides is 3. The molecule has 1 saturated heterocycles. The summed E-state index contributed by atoms with van der Waals surface area (Å²) in [5.74, 6) is -1.54. The van der Waals surface area contributed by atoms with Gasteiger partial charge in [0.1, 0.15) is 5.69 Å². The average Bonchev–Trinajstić information content (AvgIpc) is 3.43. The molecule has 4 rings (SSSR count). The van der Waals surface area contributed by atoms with E-state index in [-0.39, 0.29) is 5.91 Å². The summed E-state index contributed by atoms with van der Waals surface area (Å²) in [6, 6.07) is 4.88. The second-order valence-electron chi connectivity index (χ2n) is 8.02. The van der Waals surface area contributed by atoms with Crippen molar-refractivity contribution in [2.75, 3.05) is 20.1 Å². The summed E-state index contributed by atoms with van der Waals surface area (Å²) in [4.78, 5) is 35.8. The van der Waals surface area contributed by atoms with Gasteiger partial charge in [-0.2, -0.15) is 13.2 Å². The highest BCUT2D eigenvalue weighted by Crippen LogP contribution is 2.39. The van der Waals surface area contributed by atoms with Gasteiger partial charge in [0.15, 0.2) is 0 Å². The second kappa shape index (κ2) is 10.4. The normalized spacial score (nSPS) is 22.8. The first-order valence-corrected chi connectivity index (χ1v) is 11.1. The van der Waals surface area contributed by atoms with Crippen LogP contribution in [0.25, 0.3) is 0 Å². The third kappa shape index (κ3) is 6.04. The smallest absolute Gasteiger partial charge is 0.475 e. The van der Waals surface area contributed by atoms with E-state index in [0.29, 0.717) is 23.6 Å². The summed E-state index contributed by atoms with van der Waals surface area (Å²) in [5.41, 5.74) is 0.463. The van der Waals surface area contributed by atoms with Gasteiger partial charge in [0.2, 0.25) is 0 Å². The molecule has 32 heavy (non-hydrogen) atoms. The largest absolute Gasteiger partial charge is 0.490 e. The first-order valence-electron chi connectivity index (χ1n) is 10.2. The number of nitrogens with zero attached hydrogens (tertiary/aromatic N) is 4. The van der Waals surface area contributed by atoms with E-state index in [2.05, 4.69) is 39.4 Å². The summed E-state index contributed by atoms with van der Waals surface area (Å²) in [6.07, 6.45) is 3.41. The molecule has 1 aliphatic heterocycles. The Labute approximate surface area is 187 Å². The molecule has 1 aliphatic carbocycles. The van der Waals surface area contributed by atoms with Crippen LogP contribution in [0, 0.1) is 11.8 Å². The molecule has 1 N–H and O–H groups in total. The first-order chi connectivity index (χ1) is 15.2. The van der Waals surface area contributed by atoms with Gasteiger partial charge in [-0.05, 0) is 43.2 Å². The Kier molecular flexibility index (Phi) is 7.83. The number of hydrogen-bond acceptors (Lipinski definition) is 6. The van der Waals surface area contributed by atoms with Crippen molar-refractivity contribution in [3.63, 3.8) is 0 Å². The summed E-state index contributed by atoms with van der Waals surface area (Å²) in [5, 5.41) is 9.27. The van der Waals surface area contributed by atoms with Crippen LogP contribution in [0.5, 0.6) is 0 Å². The second-order valence-corrected chi connectivity index (χ2v) is 9.05. The van der Waals surface area contributed by atoms with E-state index in [0.717, 1.165) is 19.6 Å². The molecule has 1 saturated carbocycles. The summed E-state index contributed by atoms with van der Waals surface area (Å²) in [6.45, 7) is 2.71. The van der Waals surface area contributed by atoms with Crippen molar-refractivity contribution in [2.24, 2.45) is 11.8 Å². The number of thiophene rings is 1. The Morgan fingerprint density at radius 1 is 1.28 bits per heavy atom. The van der Waals surface area contributed by atoms with Crippen molar-refractivity contribution < 1.29 is 27.9 Å². The predicted octanol–water partition coefficient (Wildman–Crippen LogP) is 3.54. The Balaban J connectivity index is 0.000000360. The zero-order valence-electron chi connectivity index (χ0n) is 17.5. The summed E-state index contributed by atoms with van der Waals surface area (Å²) in [7, 11) is 2.24. The molecule has 2 aromatic heterocycles. The summed E-state index contributed by atoms with van der Waals surface area (Å²) >= 11 is 1.82. The number of likely N-dealkylation sites (tertiary alicyclic amines) is 1. The maximum atomic E-state index is 12.7. The van der Waals surface area contributed by atoms with E-state index in [1.165, 1.54) is 24.1 Å². The van der Waals surface area contributed by atoms with Crippen LogP contribution >= 0.6 is 11.3 Å². The minimum atomic E-state index is -5.08. The van der Waals surface area contributed by atoms with E-state index in [4.69, 9.17) is 9.90 Å². The number of fused-ring (bicyclic) bond motifs is 1. The SMILES string of the molecule is CN(Cc1cccs1)C1CCC[C@@H]2CN(C(=O)c3cnccn3)C[C@H]12.O=C(O)C(F)(F)F. The molecule has 1 unspecified atom stereocenters. The van der Waals surface area contributed by atoms with Crippen LogP contribution in [0.15, 0.2) is 36.1 Å². The lowest BCUT2D eigenvalue weighted by atomic mass is 9.77. The van der Waals surface area contributed by atoms with Gasteiger partial charge in [-0.25, -0.2) is 9.78 Å². The number of aliphatic carboxylic acids is 1. The molecular formula is C21H25F3N4O3S. The number of halogens is 3. The third-order valence-corrected chi connectivity index (χ3v) is 6.79. The van der Waals surface area contributed by atoms with Gasteiger partial charge in [-0.3, -0.25) is 14.7 Å². The predicted molar refractivity (Wildman–Crippen MR) is 112 cm³/mol. The Bertz CT molecular complexity index is 895. The molecule has 2 aliphatic rings. The molecule has 0 bridgehead atoms. The molecule has 3 heterocycles. The third-order valence-electron chi connectivity index (χ3n) is 5.92. The topological polar surface area (TPSA) is 86.6 Å². The van der Waals surface area contributed by atoms with Crippen molar-refractivity contribution >= 4 is 23.2 Å². The van der Waals surface area contributed by atoms with Crippen molar-refractivity contribution in [3.05, 3.63) is 46.7 Å². The van der Waals surface area contributed by atoms with Crippen molar-refractivity contribution in [1.29, 1.82) is 0 Å². The molecule has 0 aromatic carbocycles. The number of carbonyl (C=O) groups excluding carboxylic acids is 1. The van der Waals surface area contributed by atoms with Gasteiger partial charge < -0.3 is 10.0 Å². The van der Waals surface area contributed by atoms with Crippen LogP contribution in [0.4, 0.5) is 13.2 Å². The molecule has 174 valence electrons. The summed E-state index contributed by atoms with van der Waals surface area (Å²) < 4.78 is 31.7. The van der Waals surface area contributed by atoms with Crippen LogP contribution < -0.4 is 0 Å². The first kappa shape index (κ1) is 24.1. The number of rotatable bonds is 4. The number of carbonyl (C=O) groups is 2. The fraction of sp³-hybridized carbons (Fsp3) is 0.524. The lowest BCUT2D eigenvalue weighted by Crippen LogP contribution is -2.43. The fourth-order valence-electron chi connectivity index (χ4n) is 4.49. The van der Waals surface area contributed by atoms with Crippen molar-refractivity contribution in [2.45, 2.75) is 38.0 Å². The van der Waals surface area contributed by atoms with Crippen molar-refractivity contribution in [3.8, 4) is 0 Å². The zero-order chi connectivity index (χ0) is 23.3. The molecule has 0 radical (unpaired) electrons. The number of hydrogen-bond donors (Lipinski definition) is 1. The lowest BCUT2D eigenvalue weighted by molar-refractivity contribution is -0.192. The van der Waals surface area contributed by atoms with Crippen LogP contribution in [0.1, 0.15) is 34.6 Å². The van der Waals surface area contributed by atoms with Crippen LogP contribution in [0.3, 0.4) is 0 Å². The molecule has 1 amide bonds. The number of amides is 1. The van der Waals surface area contributed by atoms with E-state index in [1.54, 1.807) is 18.6 Å². The highest BCUT2D eigenvalue weighted by Gasteiger charge is 2.43. The zero-order valence-corrected chi connectivity index (χ0v) is 18.3. The van der Waals surface area contributed by atoms with Crippen LogP contribution in [-0.4, -0.2) is 69.1 Å². The Morgan fingerprint density at radius 3 is 2.62 bits per heavy atom. The van der Waals surface area contributed by atoms with Gasteiger partial charge in [0.05, 0.1) is 6.20 Å². The quantitative estimate of drug-likeness (QED) is 0.736. The molecule has 2 aromatic rings. The van der Waals surface area contributed by atoms with E-state index < -0.39 is 12.1 Å². The van der Waals surface area contributed by atoms with Gasteiger partial charge in [-0.15, -0.1) is 11.3 Å². The van der Waals surface area contributed by atoms with E-state index >= 15 is 0 Å². The Hall–Kier alpha value is -2.53. The van der Waals surface area contributed by atoms with Crippen molar-refractivity contribution in [1.82, 2.24) is 19.8 Å². The molecule has 11 heteroatoms. The standard InChI is InChI=1S/C19H24N4OS.C2HF3O2/c1-22(12-15-5-3-9-25-15)18-6-2-4-14-11-23(13-16(14)18)19(24)17-10-20-7-8-21-17;3-2(4,5)1(6)7/h3,5,7-10,14,16,18H,2,4,6,11-13H2,1H3;(H,6,7)/t14-,16+,18?;/m1./s1. The van der Waals surface area contributed by atoms with Crippen LogP contribution in [0.2, 0.25) is 0 Å². The van der Waals surface area contributed by atoms with Gasteiger partial charge >= 0.3 is 12.1 Å². The monoisotopic (exact) mass is 470 g/mol.